The van der Waals surface area contributed by atoms with E-state index in [1.165, 1.54) is 0 Å². The third kappa shape index (κ3) is 3.68. The van der Waals surface area contributed by atoms with Crippen LogP contribution in [0.1, 0.15) is 17.2 Å². The zero-order valence-corrected chi connectivity index (χ0v) is 15.9. The Bertz CT molecular complexity index is 786. The third-order valence-corrected chi connectivity index (χ3v) is 5.32. The number of phenolic OH excluding ortho intramolecular Hbond substituents is 1. The normalized spacial score (nSPS) is 18.9. The molecule has 4 rings (SSSR count). The van der Waals surface area contributed by atoms with E-state index in [9.17, 15) is 5.11 Å². The van der Waals surface area contributed by atoms with Crippen LogP contribution in [0.3, 0.4) is 0 Å². The van der Waals surface area contributed by atoms with Crippen molar-refractivity contribution in [1.82, 2.24) is 9.80 Å². The fraction of sp³-hybridized carbons (Fsp3) is 0.429. The number of rotatable bonds is 4. The summed E-state index contributed by atoms with van der Waals surface area (Å²) in [6.07, 6.45) is 0. The van der Waals surface area contributed by atoms with Crippen LogP contribution in [0.15, 0.2) is 36.4 Å². The van der Waals surface area contributed by atoms with E-state index in [0.717, 1.165) is 43.1 Å². The number of aromatic hydroxyl groups is 1. The first-order valence-corrected chi connectivity index (χ1v) is 9.35. The van der Waals surface area contributed by atoms with Gasteiger partial charge >= 0.3 is 0 Å². The number of piperazine rings is 1. The van der Waals surface area contributed by atoms with Crippen molar-refractivity contribution < 1.29 is 19.3 Å². The zero-order valence-electron chi connectivity index (χ0n) is 15.9. The van der Waals surface area contributed by atoms with Gasteiger partial charge in [-0.1, -0.05) is 12.1 Å². The molecule has 1 fully saturated rings. The molecule has 0 aliphatic carbocycles. The van der Waals surface area contributed by atoms with Gasteiger partial charge in [-0.05, 0) is 30.8 Å². The van der Waals surface area contributed by atoms with Crippen molar-refractivity contribution in [3.8, 4) is 23.0 Å². The van der Waals surface area contributed by atoms with E-state index in [2.05, 4.69) is 29.0 Å². The molecule has 6 nitrogen and oxygen atoms in total. The second kappa shape index (κ2) is 7.66. The van der Waals surface area contributed by atoms with Crippen LogP contribution in [0, 0.1) is 0 Å². The Morgan fingerprint density at radius 3 is 2.22 bits per heavy atom. The molecule has 0 aromatic heterocycles. The lowest BCUT2D eigenvalue weighted by Crippen LogP contribution is -2.46. The van der Waals surface area contributed by atoms with Gasteiger partial charge in [0.1, 0.15) is 24.7 Å². The zero-order chi connectivity index (χ0) is 18.8. The minimum atomic E-state index is -0.0552. The fourth-order valence-electron chi connectivity index (χ4n) is 3.77. The van der Waals surface area contributed by atoms with E-state index in [1.54, 1.807) is 13.2 Å². The lowest BCUT2D eigenvalue weighted by molar-refractivity contribution is 0.125. The van der Waals surface area contributed by atoms with Crippen molar-refractivity contribution in [2.45, 2.75) is 6.04 Å². The van der Waals surface area contributed by atoms with Gasteiger partial charge in [-0.3, -0.25) is 4.90 Å². The first kappa shape index (κ1) is 17.9. The second-order valence-electron chi connectivity index (χ2n) is 7.07. The monoisotopic (exact) mass is 370 g/mol. The Kier molecular flexibility index (Phi) is 5.09. The van der Waals surface area contributed by atoms with Gasteiger partial charge in [0.25, 0.3) is 0 Å². The molecule has 2 aliphatic rings. The molecule has 144 valence electrons. The molecule has 0 radical (unpaired) electrons. The minimum Gasteiger partial charge on any atom is -0.507 e. The summed E-state index contributed by atoms with van der Waals surface area (Å²) in [4.78, 5) is 4.73. The van der Waals surface area contributed by atoms with Crippen LogP contribution in [0.5, 0.6) is 23.0 Å². The lowest BCUT2D eigenvalue weighted by atomic mass is 9.94. The van der Waals surface area contributed by atoms with Crippen molar-refractivity contribution in [3.63, 3.8) is 0 Å². The number of phenols is 1. The Hall–Kier alpha value is -2.44. The predicted molar refractivity (Wildman–Crippen MR) is 103 cm³/mol. The van der Waals surface area contributed by atoms with E-state index >= 15 is 0 Å². The second-order valence-corrected chi connectivity index (χ2v) is 7.07. The number of fused-ring (bicyclic) bond motifs is 1. The lowest BCUT2D eigenvalue weighted by Gasteiger charge is -2.39. The molecule has 1 atom stereocenters. The summed E-state index contributed by atoms with van der Waals surface area (Å²) >= 11 is 0. The molecule has 0 bridgehead atoms. The van der Waals surface area contributed by atoms with E-state index < -0.39 is 0 Å². The molecule has 2 aromatic rings. The molecule has 2 aliphatic heterocycles. The summed E-state index contributed by atoms with van der Waals surface area (Å²) in [5.74, 6) is 2.36. The van der Waals surface area contributed by atoms with Gasteiger partial charge in [0, 0.05) is 37.8 Å². The van der Waals surface area contributed by atoms with Gasteiger partial charge in [-0.15, -0.1) is 0 Å². The molecular weight excluding hydrogens is 344 g/mol. The average molecular weight is 370 g/mol. The highest BCUT2D eigenvalue weighted by molar-refractivity contribution is 5.54. The summed E-state index contributed by atoms with van der Waals surface area (Å²) in [6.45, 7) is 4.89. The Balaban J connectivity index is 1.75. The summed E-state index contributed by atoms with van der Waals surface area (Å²) in [6, 6.07) is 11.6. The first-order chi connectivity index (χ1) is 13.2. The van der Waals surface area contributed by atoms with Crippen LogP contribution >= 0.6 is 0 Å². The molecule has 1 unspecified atom stereocenters. The molecule has 1 N–H and O–H groups in total. The van der Waals surface area contributed by atoms with Crippen molar-refractivity contribution in [2.75, 3.05) is 53.6 Å². The Morgan fingerprint density at radius 2 is 1.59 bits per heavy atom. The largest absolute Gasteiger partial charge is 0.507 e. The maximum atomic E-state index is 10.8. The van der Waals surface area contributed by atoms with Crippen LogP contribution in [0.25, 0.3) is 0 Å². The highest BCUT2D eigenvalue weighted by atomic mass is 16.6. The van der Waals surface area contributed by atoms with E-state index in [0.29, 0.717) is 24.7 Å². The number of hydrogen-bond donors (Lipinski definition) is 1. The van der Waals surface area contributed by atoms with Crippen LogP contribution in [0.4, 0.5) is 0 Å². The van der Waals surface area contributed by atoms with Crippen LogP contribution in [0.2, 0.25) is 0 Å². The van der Waals surface area contributed by atoms with Crippen molar-refractivity contribution in [3.05, 3.63) is 47.5 Å². The topological polar surface area (TPSA) is 54.4 Å². The summed E-state index contributed by atoms with van der Waals surface area (Å²) in [7, 11) is 3.81. The fourth-order valence-corrected chi connectivity index (χ4v) is 3.77. The van der Waals surface area contributed by atoms with Gasteiger partial charge < -0.3 is 24.2 Å². The number of nitrogens with zero attached hydrogens (tertiary/aromatic N) is 2. The van der Waals surface area contributed by atoms with Crippen molar-refractivity contribution >= 4 is 0 Å². The number of ether oxygens (including phenoxy) is 3. The van der Waals surface area contributed by atoms with Crippen molar-refractivity contribution in [2.24, 2.45) is 0 Å². The van der Waals surface area contributed by atoms with Crippen LogP contribution in [-0.4, -0.2) is 68.5 Å². The molecule has 27 heavy (non-hydrogen) atoms. The SMILES string of the molecule is COc1ccc(C(c2cc3c(cc2O)OCCO3)N2CCN(C)CC2)cc1. The van der Waals surface area contributed by atoms with Gasteiger partial charge in [-0.2, -0.15) is 0 Å². The Labute approximate surface area is 159 Å². The van der Waals surface area contributed by atoms with E-state index in [4.69, 9.17) is 14.2 Å². The maximum Gasteiger partial charge on any atom is 0.165 e. The first-order valence-electron chi connectivity index (χ1n) is 9.35. The number of hydrogen-bond acceptors (Lipinski definition) is 6. The molecule has 2 aromatic carbocycles. The molecular formula is C21H26N2O4. The molecule has 0 saturated carbocycles. The molecule has 0 amide bonds. The number of methoxy groups -OCH3 is 1. The number of benzene rings is 2. The highest BCUT2D eigenvalue weighted by Crippen LogP contribution is 2.42. The van der Waals surface area contributed by atoms with E-state index in [1.807, 2.05) is 18.2 Å². The quantitative estimate of drug-likeness (QED) is 0.893. The molecule has 1 saturated heterocycles. The van der Waals surface area contributed by atoms with Gasteiger partial charge in [0.05, 0.1) is 13.2 Å². The summed E-state index contributed by atoms with van der Waals surface area (Å²) < 4.78 is 16.7. The number of likely N-dealkylation sites (N-methyl/N-ethyl adjacent to an activating group) is 1. The standard InChI is InChI=1S/C21H26N2O4/c1-22-7-9-23(10-8-22)21(15-3-5-16(25-2)6-4-15)17-13-19-20(14-18(17)24)27-12-11-26-19/h3-6,13-14,21,24H,7-12H2,1-2H3. The van der Waals surface area contributed by atoms with Gasteiger partial charge in [-0.25, -0.2) is 0 Å². The van der Waals surface area contributed by atoms with E-state index in [-0.39, 0.29) is 11.8 Å². The smallest absolute Gasteiger partial charge is 0.165 e. The summed E-state index contributed by atoms with van der Waals surface area (Å²) in [5, 5.41) is 10.8. The minimum absolute atomic E-state index is 0.0552. The predicted octanol–water partition coefficient (Wildman–Crippen LogP) is 2.51. The van der Waals surface area contributed by atoms with Gasteiger partial charge in [0.15, 0.2) is 11.5 Å². The Morgan fingerprint density at radius 1 is 0.963 bits per heavy atom. The van der Waals surface area contributed by atoms with Crippen LogP contribution in [-0.2, 0) is 0 Å². The molecule has 2 heterocycles. The average Bonchev–Trinajstić information content (AvgIpc) is 2.70. The molecule has 0 spiro atoms. The van der Waals surface area contributed by atoms with Crippen molar-refractivity contribution in [1.29, 1.82) is 0 Å². The third-order valence-electron chi connectivity index (χ3n) is 5.32. The van der Waals surface area contributed by atoms with Crippen LogP contribution < -0.4 is 14.2 Å². The maximum absolute atomic E-state index is 10.8. The van der Waals surface area contributed by atoms with Gasteiger partial charge in [0.2, 0.25) is 0 Å². The summed E-state index contributed by atoms with van der Waals surface area (Å²) in [5.41, 5.74) is 1.96. The molecule has 6 heteroatoms. The highest BCUT2D eigenvalue weighted by Gasteiger charge is 2.29.